The highest BCUT2D eigenvalue weighted by Crippen LogP contribution is 2.30. The van der Waals surface area contributed by atoms with E-state index < -0.39 is 0 Å². The van der Waals surface area contributed by atoms with Gasteiger partial charge in [0.2, 0.25) is 0 Å². The summed E-state index contributed by atoms with van der Waals surface area (Å²) in [7, 11) is 0. The molecule has 3 aromatic rings. The summed E-state index contributed by atoms with van der Waals surface area (Å²) in [6.07, 6.45) is -0.238. The van der Waals surface area contributed by atoms with Gasteiger partial charge in [0.1, 0.15) is 11.6 Å². The highest BCUT2D eigenvalue weighted by Gasteiger charge is 2.19. The van der Waals surface area contributed by atoms with Crippen LogP contribution in [0.2, 0.25) is 5.02 Å². The molecule has 1 aromatic heterocycles. The van der Waals surface area contributed by atoms with Crippen LogP contribution in [-0.2, 0) is 12.3 Å². The Kier molecular flexibility index (Phi) is 6.62. The lowest BCUT2D eigenvalue weighted by Gasteiger charge is -2.17. The number of rotatable bonds is 7. The molecule has 0 bridgehead atoms. The minimum atomic E-state index is -0.338. The summed E-state index contributed by atoms with van der Waals surface area (Å²) < 4.78 is 21.4. The van der Waals surface area contributed by atoms with Crippen LogP contribution in [0.3, 0.4) is 0 Å². The summed E-state index contributed by atoms with van der Waals surface area (Å²) in [5, 5.41) is 9.88. The first-order chi connectivity index (χ1) is 13.4. The monoisotopic (exact) mass is 419 g/mol. The van der Waals surface area contributed by atoms with Crippen LogP contribution >= 0.6 is 23.4 Å². The van der Waals surface area contributed by atoms with E-state index in [4.69, 9.17) is 16.3 Å². The van der Waals surface area contributed by atoms with Gasteiger partial charge in [-0.2, -0.15) is 0 Å². The molecule has 0 N–H and O–H groups in total. The van der Waals surface area contributed by atoms with Gasteiger partial charge in [0, 0.05) is 17.3 Å². The average Bonchev–Trinajstić information content (AvgIpc) is 3.06. The zero-order valence-corrected chi connectivity index (χ0v) is 17.9. The van der Waals surface area contributed by atoms with Gasteiger partial charge in [-0.15, -0.1) is 10.2 Å². The van der Waals surface area contributed by atoms with E-state index >= 15 is 0 Å². The quantitative estimate of drug-likeness (QED) is 0.431. The molecule has 3 rings (SSSR count). The summed E-state index contributed by atoms with van der Waals surface area (Å²) in [6, 6.07) is 10.6. The fourth-order valence-corrected chi connectivity index (χ4v) is 4.29. The molecule has 0 saturated carbocycles. The molecule has 0 amide bonds. The number of hydrogen-bond acceptors (Lipinski definition) is 4. The highest BCUT2D eigenvalue weighted by atomic mass is 35.5. The molecule has 0 aliphatic rings. The molecular weight excluding hydrogens is 397 g/mol. The normalized spacial score (nSPS) is 12.2. The van der Waals surface area contributed by atoms with E-state index in [-0.39, 0.29) is 11.9 Å². The van der Waals surface area contributed by atoms with Crippen molar-refractivity contribution in [2.24, 2.45) is 0 Å². The average molecular weight is 420 g/mol. The summed E-state index contributed by atoms with van der Waals surface area (Å²) in [6.45, 7) is 8.84. The molecular formula is C21H23ClFN3OS. The number of thioether (sulfide) groups is 1. The largest absolute Gasteiger partial charge is 0.482 e. The van der Waals surface area contributed by atoms with E-state index in [9.17, 15) is 4.39 Å². The number of nitrogens with zero attached hydrogens (tertiary/aromatic N) is 3. The van der Waals surface area contributed by atoms with E-state index in [1.807, 2.05) is 37.5 Å². The van der Waals surface area contributed by atoms with Crippen LogP contribution in [0.1, 0.15) is 42.5 Å². The van der Waals surface area contributed by atoms with Crippen molar-refractivity contribution in [3.63, 3.8) is 0 Å². The van der Waals surface area contributed by atoms with Crippen molar-refractivity contribution >= 4 is 23.4 Å². The second-order valence-electron chi connectivity index (χ2n) is 6.64. The molecule has 28 heavy (non-hydrogen) atoms. The molecule has 1 unspecified atom stereocenters. The topological polar surface area (TPSA) is 39.9 Å². The van der Waals surface area contributed by atoms with Gasteiger partial charge in [-0.1, -0.05) is 47.1 Å². The first-order valence-electron chi connectivity index (χ1n) is 9.12. The van der Waals surface area contributed by atoms with E-state index in [0.717, 1.165) is 34.4 Å². The number of aryl methyl sites for hydroxylation is 2. The van der Waals surface area contributed by atoms with Crippen LogP contribution in [0.25, 0.3) is 0 Å². The van der Waals surface area contributed by atoms with E-state index in [0.29, 0.717) is 10.8 Å². The molecule has 7 heteroatoms. The second-order valence-corrected chi connectivity index (χ2v) is 7.99. The number of hydrogen-bond donors (Lipinski definition) is 0. The van der Waals surface area contributed by atoms with Gasteiger partial charge in [-0.05, 0) is 57.0 Å². The first kappa shape index (κ1) is 20.7. The van der Waals surface area contributed by atoms with Gasteiger partial charge in [0.25, 0.3) is 0 Å². The minimum absolute atomic E-state index is 0.238. The van der Waals surface area contributed by atoms with E-state index in [1.54, 1.807) is 6.07 Å². The SMILES string of the molecule is CCn1c(SCc2ccc(F)cc2Cl)nnc1C(C)Oc1ccc(C)cc1C. The van der Waals surface area contributed by atoms with Crippen LogP contribution in [0, 0.1) is 19.7 Å². The molecule has 0 saturated heterocycles. The number of halogens is 2. The Bertz CT molecular complexity index is 976. The Morgan fingerprint density at radius 3 is 2.64 bits per heavy atom. The fraction of sp³-hybridized carbons (Fsp3) is 0.333. The smallest absolute Gasteiger partial charge is 0.191 e. The third-order valence-electron chi connectivity index (χ3n) is 4.43. The lowest BCUT2D eigenvalue weighted by Crippen LogP contribution is -2.12. The molecule has 0 aliphatic heterocycles. The van der Waals surface area contributed by atoms with Crippen molar-refractivity contribution in [3.8, 4) is 5.75 Å². The van der Waals surface area contributed by atoms with Crippen molar-refractivity contribution in [2.45, 2.75) is 51.3 Å². The van der Waals surface area contributed by atoms with Gasteiger partial charge >= 0.3 is 0 Å². The van der Waals surface area contributed by atoms with Crippen LogP contribution in [-0.4, -0.2) is 14.8 Å². The second kappa shape index (κ2) is 8.97. The maximum Gasteiger partial charge on any atom is 0.191 e. The number of ether oxygens (including phenoxy) is 1. The fourth-order valence-electron chi connectivity index (χ4n) is 2.96. The molecule has 2 aromatic carbocycles. The first-order valence-corrected chi connectivity index (χ1v) is 10.5. The van der Waals surface area contributed by atoms with Gasteiger partial charge in [0.15, 0.2) is 17.1 Å². The van der Waals surface area contributed by atoms with Crippen molar-refractivity contribution in [2.75, 3.05) is 0 Å². The van der Waals surface area contributed by atoms with Gasteiger partial charge < -0.3 is 9.30 Å². The predicted octanol–water partition coefficient (Wildman–Crippen LogP) is 6.14. The summed E-state index contributed by atoms with van der Waals surface area (Å²) >= 11 is 7.65. The lowest BCUT2D eigenvalue weighted by molar-refractivity contribution is 0.208. The zero-order chi connectivity index (χ0) is 20.3. The third kappa shape index (κ3) is 4.67. The molecule has 0 spiro atoms. The number of aromatic nitrogens is 3. The van der Waals surface area contributed by atoms with E-state index in [1.165, 1.54) is 29.5 Å². The lowest BCUT2D eigenvalue weighted by atomic mass is 10.1. The van der Waals surface area contributed by atoms with Crippen molar-refractivity contribution in [1.29, 1.82) is 0 Å². The highest BCUT2D eigenvalue weighted by molar-refractivity contribution is 7.98. The van der Waals surface area contributed by atoms with Gasteiger partial charge in [0.05, 0.1) is 0 Å². The molecule has 1 heterocycles. The third-order valence-corrected chi connectivity index (χ3v) is 5.80. The van der Waals surface area contributed by atoms with Crippen molar-refractivity contribution in [1.82, 2.24) is 14.8 Å². The summed E-state index contributed by atoms with van der Waals surface area (Å²) in [5.41, 5.74) is 3.15. The van der Waals surface area contributed by atoms with E-state index in [2.05, 4.69) is 23.2 Å². The zero-order valence-electron chi connectivity index (χ0n) is 16.4. The minimum Gasteiger partial charge on any atom is -0.482 e. The predicted molar refractivity (Wildman–Crippen MR) is 112 cm³/mol. The molecule has 0 aliphatic carbocycles. The van der Waals surface area contributed by atoms with Crippen LogP contribution in [0.15, 0.2) is 41.6 Å². The van der Waals surface area contributed by atoms with Crippen LogP contribution in [0.5, 0.6) is 5.75 Å². The maximum absolute atomic E-state index is 13.2. The molecule has 0 fully saturated rings. The Hall–Kier alpha value is -2.05. The number of benzene rings is 2. The maximum atomic E-state index is 13.2. The standard InChI is InChI=1S/C21H23ClFN3OS/c1-5-26-20(15(4)27-19-9-6-13(2)10-14(19)3)24-25-21(26)28-12-16-7-8-17(23)11-18(16)22/h6-11,15H,5,12H2,1-4H3. The van der Waals surface area contributed by atoms with Crippen LogP contribution < -0.4 is 4.74 Å². The Labute approximate surface area is 174 Å². The van der Waals surface area contributed by atoms with Gasteiger partial charge in [-0.3, -0.25) is 0 Å². The molecule has 1 atom stereocenters. The summed E-state index contributed by atoms with van der Waals surface area (Å²) in [5.74, 6) is 1.87. The Morgan fingerprint density at radius 1 is 1.18 bits per heavy atom. The Morgan fingerprint density at radius 2 is 1.96 bits per heavy atom. The van der Waals surface area contributed by atoms with Crippen LogP contribution in [0.4, 0.5) is 4.39 Å². The van der Waals surface area contributed by atoms with Gasteiger partial charge in [-0.25, -0.2) is 4.39 Å². The Balaban J connectivity index is 1.75. The summed E-state index contributed by atoms with van der Waals surface area (Å²) in [4.78, 5) is 0. The van der Waals surface area contributed by atoms with Crippen molar-refractivity contribution in [3.05, 3.63) is 69.8 Å². The molecule has 148 valence electrons. The molecule has 0 radical (unpaired) electrons. The van der Waals surface area contributed by atoms with Crippen molar-refractivity contribution < 1.29 is 9.13 Å². The molecule has 4 nitrogen and oxygen atoms in total.